The van der Waals surface area contributed by atoms with Crippen LogP contribution in [-0.4, -0.2) is 5.97 Å². The Kier molecular flexibility index (Phi) is 12.1. The topological polar surface area (TPSA) is 26.3 Å². The summed E-state index contributed by atoms with van der Waals surface area (Å²) >= 11 is 0. The molecule has 0 saturated carbocycles. The van der Waals surface area contributed by atoms with Gasteiger partial charge in [-0.05, 0) is 67.9 Å². The van der Waals surface area contributed by atoms with Crippen molar-refractivity contribution in [1.82, 2.24) is 0 Å². The molecular weight excluding hydrogens is 356 g/mol. The van der Waals surface area contributed by atoms with Crippen LogP contribution in [0.15, 0.2) is 72.3 Å². The van der Waals surface area contributed by atoms with Crippen molar-refractivity contribution in [2.45, 2.75) is 66.2 Å². The molecule has 0 aliphatic rings. The van der Waals surface area contributed by atoms with E-state index in [2.05, 4.69) is 39.0 Å². The molecule has 1 atom stereocenters. The van der Waals surface area contributed by atoms with Crippen molar-refractivity contribution in [2.75, 3.05) is 0 Å². The van der Waals surface area contributed by atoms with Gasteiger partial charge in [0.15, 0.2) is 0 Å². The molecule has 2 aromatic carbocycles. The summed E-state index contributed by atoms with van der Waals surface area (Å²) in [5.74, 6) is 0.718. The van der Waals surface area contributed by atoms with E-state index in [0.29, 0.717) is 11.7 Å². The van der Waals surface area contributed by atoms with E-state index < -0.39 is 0 Å². The minimum Gasteiger partial charge on any atom is -0.423 e. The van der Waals surface area contributed by atoms with E-state index >= 15 is 0 Å². The van der Waals surface area contributed by atoms with Crippen LogP contribution in [0, 0.1) is 0 Å². The normalized spacial score (nSPS) is 12.2. The first-order valence-corrected chi connectivity index (χ1v) is 10.8. The monoisotopic (exact) mass is 392 g/mol. The second-order valence-electron chi connectivity index (χ2n) is 6.99. The molecule has 0 fully saturated rings. The van der Waals surface area contributed by atoms with E-state index in [1.165, 1.54) is 30.1 Å². The summed E-state index contributed by atoms with van der Waals surface area (Å²) in [6, 6.07) is 17.6. The minimum absolute atomic E-state index is 0.363. The fourth-order valence-corrected chi connectivity index (χ4v) is 3.05. The predicted molar refractivity (Wildman–Crippen MR) is 125 cm³/mol. The van der Waals surface area contributed by atoms with Gasteiger partial charge in [0.2, 0.25) is 0 Å². The second kappa shape index (κ2) is 14.4. The summed E-state index contributed by atoms with van der Waals surface area (Å²) in [7, 11) is 0. The first kappa shape index (κ1) is 24.4. The number of carbonyl (C=O) groups excluding carboxylic acids is 1. The molecule has 2 rings (SSSR count). The largest absolute Gasteiger partial charge is 0.423 e. The van der Waals surface area contributed by atoms with Crippen LogP contribution in [0.2, 0.25) is 0 Å². The van der Waals surface area contributed by atoms with E-state index in [-0.39, 0.29) is 5.97 Å². The number of allylic oxidation sites excluding steroid dienone is 2. The number of carbonyl (C=O) groups is 1. The highest BCUT2D eigenvalue weighted by Gasteiger charge is 2.07. The SMILES string of the molecule is CC.CC/C=C(\C)CCCC(C)c1ccc(OC(=O)/C=C/c2ccccc2)cc1. The molecule has 0 amide bonds. The average molecular weight is 393 g/mol. The van der Waals surface area contributed by atoms with Gasteiger partial charge in [0.05, 0.1) is 0 Å². The maximum atomic E-state index is 11.9. The van der Waals surface area contributed by atoms with Crippen molar-refractivity contribution in [2.24, 2.45) is 0 Å². The molecule has 0 N–H and O–H groups in total. The quantitative estimate of drug-likeness (QED) is 0.187. The Balaban J connectivity index is 0.00000204. The molecule has 29 heavy (non-hydrogen) atoms. The van der Waals surface area contributed by atoms with Gasteiger partial charge in [0.1, 0.15) is 5.75 Å². The first-order valence-electron chi connectivity index (χ1n) is 10.8. The Morgan fingerprint density at radius 2 is 1.69 bits per heavy atom. The maximum absolute atomic E-state index is 11.9. The predicted octanol–water partition coefficient (Wildman–Crippen LogP) is 7.96. The summed E-state index contributed by atoms with van der Waals surface area (Å²) in [6.45, 7) is 10.6. The number of hydrogen-bond donors (Lipinski definition) is 0. The van der Waals surface area contributed by atoms with E-state index in [9.17, 15) is 4.79 Å². The van der Waals surface area contributed by atoms with Gasteiger partial charge in [-0.3, -0.25) is 0 Å². The van der Waals surface area contributed by atoms with Crippen LogP contribution in [0.25, 0.3) is 6.08 Å². The average Bonchev–Trinajstić information content (AvgIpc) is 2.75. The van der Waals surface area contributed by atoms with Crippen molar-refractivity contribution in [3.63, 3.8) is 0 Å². The van der Waals surface area contributed by atoms with Crippen molar-refractivity contribution in [3.8, 4) is 5.75 Å². The lowest BCUT2D eigenvalue weighted by molar-refractivity contribution is -0.128. The summed E-state index contributed by atoms with van der Waals surface area (Å²) in [5, 5.41) is 0. The highest BCUT2D eigenvalue weighted by atomic mass is 16.5. The zero-order valence-electron chi connectivity index (χ0n) is 18.7. The highest BCUT2D eigenvalue weighted by Crippen LogP contribution is 2.24. The molecule has 0 spiro atoms. The minimum atomic E-state index is -0.363. The van der Waals surface area contributed by atoms with Crippen molar-refractivity contribution < 1.29 is 9.53 Å². The molecule has 156 valence electrons. The van der Waals surface area contributed by atoms with Crippen molar-refractivity contribution in [3.05, 3.63) is 83.4 Å². The Bertz CT molecular complexity index is 755. The van der Waals surface area contributed by atoms with Gasteiger partial charge in [-0.2, -0.15) is 0 Å². The van der Waals surface area contributed by atoms with Crippen LogP contribution in [-0.2, 0) is 4.79 Å². The molecule has 2 heteroatoms. The number of esters is 1. The summed E-state index contributed by atoms with van der Waals surface area (Å²) in [5.41, 5.74) is 3.74. The molecule has 0 saturated heterocycles. The summed E-state index contributed by atoms with van der Waals surface area (Å²) in [6.07, 6.45) is 10.2. The molecule has 2 aromatic rings. The summed E-state index contributed by atoms with van der Waals surface area (Å²) < 4.78 is 5.38. The van der Waals surface area contributed by atoms with Crippen LogP contribution in [0.5, 0.6) is 5.75 Å². The fraction of sp³-hybridized carbons (Fsp3) is 0.370. The van der Waals surface area contributed by atoms with Crippen LogP contribution in [0.1, 0.15) is 77.3 Å². The van der Waals surface area contributed by atoms with E-state index in [1.54, 1.807) is 6.08 Å². The highest BCUT2D eigenvalue weighted by molar-refractivity contribution is 5.88. The molecular formula is C27H36O2. The molecule has 0 bridgehead atoms. The van der Waals surface area contributed by atoms with Crippen LogP contribution < -0.4 is 4.74 Å². The fourth-order valence-electron chi connectivity index (χ4n) is 3.05. The number of benzene rings is 2. The lowest BCUT2D eigenvalue weighted by atomic mass is 9.94. The van der Waals surface area contributed by atoms with E-state index in [1.807, 2.05) is 56.3 Å². The van der Waals surface area contributed by atoms with Gasteiger partial charge in [0.25, 0.3) is 0 Å². The first-order chi connectivity index (χ1) is 14.1. The van der Waals surface area contributed by atoms with E-state index in [4.69, 9.17) is 4.74 Å². The third-order valence-electron chi connectivity index (χ3n) is 4.64. The molecule has 0 heterocycles. The lowest BCUT2D eigenvalue weighted by Gasteiger charge is -2.12. The number of rotatable bonds is 9. The number of hydrogen-bond acceptors (Lipinski definition) is 2. The Hall–Kier alpha value is -2.61. The second-order valence-corrected chi connectivity index (χ2v) is 6.99. The van der Waals surface area contributed by atoms with E-state index in [0.717, 1.165) is 18.4 Å². The van der Waals surface area contributed by atoms with Crippen molar-refractivity contribution >= 4 is 12.0 Å². The van der Waals surface area contributed by atoms with Gasteiger partial charge in [0, 0.05) is 6.08 Å². The molecule has 1 unspecified atom stereocenters. The van der Waals surface area contributed by atoms with Gasteiger partial charge in [-0.1, -0.05) is 81.8 Å². The molecule has 0 radical (unpaired) electrons. The van der Waals surface area contributed by atoms with Gasteiger partial charge >= 0.3 is 5.97 Å². The van der Waals surface area contributed by atoms with Crippen molar-refractivity contribution in [1.29, 1.82) is 0 Å². The lowest BCUT2D eigenvalue weighted by Crippen LogP contribution is -2.04. The smallest absolute Gasteiger partial charge is 0.336 e. The molecule has 0 aromatic heterocycles. The Morgan fingerprint density at radius 1 is 1.03 bits per heavy atom. The third-order valence-corrected chi connectivity index (χ3v) is 4.64. The van der Waals surface area contributed by atoms with Crippen LogP contribution in [0.3, 0.4) is 0 Å². The number of ether oxygens (including phenoxy) is 1. The van der Waals surface area contributed by atoms with Crippen LogP contribution in [0.4, 0.5) is 0 Å². The van der Waals surface area contributed by atoms with Gasteiger partial charge in [-0.25, -0.2) is 4.79 Å². The van der Waals surface area contributed by atoms with Gasteiger partial charge in [-0.15, -0.1) is 0 Å². The zero-order chi connectivity index (χ0) is 21.5. The molecule has 0 aliphatic carbocycles. The molecule has 0 aliphatic heterocycles. The van der Waals surface area contributed by atoms with Crippen LogP contribution >= 0.6 is 0 Å². The summed E-state index contributed by atoms with van der Waals surface area (Å²) in [4.78, 5) is 11.9. The Morgan fingerprint density at radius 3 is 2.31 bits per heavy atom. The standard InChI is InChI=1S/C25H30O2.C2H6/c1-4-9-20(2)10-8-11-21(3)23-15-17-24(18-16-23)27-25(26)19-14-22-12-6-5-7-13-22;1-2/h5-7,9,12-19,21H,4,8,10-11H2,1-3H3;1-2H3/b19-14+,20-9+;. The molecule has 2 nitrogen and oxygen atoms in total. The zero-order valence-corrected chi connectivity index (χ0v) is 18.7. The Labute approximate surface area is 177 Å². The maximum Gasteiger partial charge on any atom is 0.336 e. The third kappa shape index (κ3) is 9.94. The van der Waals surface area contributed by atoms with Gasteiger partial charge < -0.3 is 4.74 Å².